The van der Waals surface area contributed by atoms with Gasteiger partial charge in [-0.05, 0) is 54.7 Å². The van der Waals surface area contributed by atoms with Gasteiger partial charge in [-0.3, -0.25) is 14.4 Å². The number of aryl methyl sites for hydroxylation is 1. The van der Waals surface area contributed by atoms with Gasteiger partial charge in [0.05, 0.1) is 0 Å². The molecule has 3 heterocycles. The molecule has 0 unspecified atom stereocenters. The van der Waals surface area contributed by atoms with Crippen LogP contribution in [0.3, 0.4) is 0 Å². The lowest BCUT2D eigenvalue weighted by Crippen LogP contribution is -2.43. The van der Waals surface area contributed by atoms with Gasteiger partial charge in [-0.15, -0.1) is 0 Å². The Morgan fingerprint density at radius 3 is 2.74 bits per heavy atom. The number of fused-ring (bicyclic) bond motifs is 1. The number of nitrogens with one attached hydrogen (secondary N) is 1. The van der Waals surface area contributed by atoms with Gasteiger partial charge in [-0.25, -0.2) is 0 Å². The fraction of sp³-hybridized carbons (Fsp3) is 0.348. The van der Waals surface area contributed by atoms with Crippen molar-refractivity contribution < 1.29 is 19.1 Å². The molecule has 1 aromatic carbocycles. The van der Waals surface area contributed by atoms with Crippen LogP contribution in [0.1, 0.15) is 28.8 Å². The molecule has 0 saturated carbocycles. The van der Waals surface area contributed by atoms with Crippen LogP contribution in [0.25, 0.3) is 6.08 Å². The number of ether oxygens (including phenoxy) is 2. The van der Waals surface area contributed by atoms with Gasteiger partial charge >= 0.3 is 0 Å². The molecule has 1 N–H and O–H groups in total. The summed E-state index contributed by atoms with van der Waals surface area (Å²) in [4.78, 5) is 38.7. The number of nitrogens with zero attached hydrogens (tertiary/aromatic N) is 2. The first kappa shape index (κ1) is 20.7. The predicted molar refractivity (Wildman–Crippen MR) is 115 cm³/mol. The third kappa shape index (κ3) is 4.79. The molecular weight excluding hydrogens is 398 g/mol. The molecule has 4 rings (SSSR count). The molecule has 162 valence electrons. The largest absolute Gasteiger partial charge is 0.454 e. The van der Waals surface area contributed by atoms with Crippen LogP contribution in [-0.4, -0.2) is 47.7 Å². The predicted octanol–water partition coefficient (Wildman–Crippen LogP) is 1.80. The van der Waals surface area contributed by atoms with Crippen LogP contribution < -0.4 is 20.3 Å². The zero-order chi connectivity index (χ0) is 21.8. The van der Waals surface area contributed by atoms with Gasteiger partial charge in [0.15, 0.2) is 11.5 Å². The molecule has 0 spiro atoms. The summed E-state index contributed by atoms with van der Waals surface area (Å²) in [7, 11) is 1.63. The monoisotopic (exact) mass is 423 g/mol. The number of pyridine rings is 1. The van der Waals surface area contributed by atoms with E-state index in [-0.39, 0.29) is 29.7 Å². The molecule has 2 aliphatic rings. The Bertz CT molecular complexity index is 1070. The van der Waals surface area contributed by atoms with Crippen molar-refractivity contribution in [3.05, 3.63) is 64.1 Å². The summed E-state index contributed by atoms with van der Waals surface area (Å²) in [6.07, 6.45) is 6.44. The van der Waals surface area contributed by atoms with Crippen molar-refractivity contribution in [3.63, 3.8) is 0 Å². The van der Waals surface area contributed by atoms with Crippen molar-refractivity contribution in [2.24, 2.45) is 13.0 Å². The van der Waals surface area contributed by atoms with Crippen LogP contribution in [0.5, 0.6) is 11.5 Å². The Morgan fingerprint density at radius 1 is 1.16 bits per heavy atom. The minimum absolute atomic E-state index is 0.163. The number of hydrogen-bond donors (Lipinski definition) is 1. The molecule has 0 atom stereocenters. The number of likely N-dealkylation sites (tertiary alicyclic amines) is 1. The maximum absolute atomic E-state index is 12.7. The Kier molecular flexibility index (Phi) is 6.06. The second kappa shape index (κ2) is 9.07. The van der Waals surface area contributed by atoms with E-state index in [0.717, 1.165) is 18.4 Å². The van der Waals surface area contributed by atoms with Crippen molar-refractivity contribution in [1.82, 2.24) is 14.8 Å². The fourth-order valence-electron chi connectivity index (χ4n) is 3.76. The van der Waals surface area contributed by atoms with Crippen LogP contribution in [0.4, 0.5) is 0 Å². The van der Waals surface area contributed by atoms with Gasteiger partial charge < -0.3 is 24.3 Å². The third-order valence-corrected chi connectivity index (χ3v) is 5.64. The van der Waals surface area contributed by atoms with E-state index in [4.69, 9.17) is 9.47 Å². The van der Waals surface area contributed by atoms with E-state index in [2.05, 4.69) is 5.32 Å². The molecule has 1 fully saturated rings. The Hall–Kier alpha value is -3.55. The van der Waals surface area contributed by atoms with Gasteiger partial charge in [0.1, 0.15) is 5.56 Å². The SMILES string of the molecule is Cn1cccc(C(=O)N2CCC(CNC(=O)/C=C/c3ccc4c(c3)OCO4)CC2)c1=O. The number of amides is 2. The lowest BCUT2D eigenvalue weighted by Gasteiger charge is -2.32. The number of benzene rings is 1. The van der Waals surface area contributed by atoms with Crippen molar-refractivity contribution in [2.75, 3.05) is 26.4 Å². The van der Waals surface area contributed by atoms with Gasteiger partial charge in [0.2, 0.25) is 12.7 Å². The van der Waals surface area contributed by atoms with Crippen LogP contribution in [0.2, 0.25) is 0 Å². The first-order valence-electron chi connectivity index (χ1n) is 10.3. The van der Waals surface area contributed by atoms with Gasteiger partial charge in [-0.1, -0.05) is 6.07 Å². The van der Waals surface area contributed by atoms with E-state index in [1.54, 1.807) is 36.4 Å². The lowest BCUT2D eigenvalue weighted by atomic mass is 9.96. The van der Waals surface area contributed by atoms with Crippen LogP contribution in [0, 0.1) is 5.92 Å². The van der Waals surface area contributed by atoms with E-state index >= 15 is 0 Å². The highest BCUT2D eigenvalue weighted by Gasteiger charge is 2.25. The maximum atomic E-state index is 12.7. The molecule has 8 nitrogen and oxygen atoms in total. The number of carbonyl (C=O) groups is 2. The quantitative estimate of drug-likeness (QED) is 0.741. The minimum Gasteiger partial charge on any atom is -0.454 e. The normalized spacial score (nSPS) is 16.0. The summed E-state index contributed by atoms with van der Waals surface area (Å²) in [5.74, 6) is 1.29. The summed E-state index contributed by atoms with van der Waals surface area (Å²) in [6, 6.07) is 8.79. The molecule has 0 bridgehead atoms. The number of aromatic nitrogens is 1. The van der Waals surface area contributed by atoms with E-state index < -0.39 is 0 Å². The molecule has 2 aromatic rings. The molecular formula is C23H25N3O5. The smallest absolute Gasteiger partial charge is 0.263 e. The first-order valence-corrected chi connectivity index (χ1v) is 10.3. The maximum Gasteiger partial charge on any atom is 0.263 e. The molecule has 2 amide bonds. The molecule has 1 saturated heterocycles. The molecule has 2 aliphatic heterocycles. The van der Waals surface area contributed by atoms with Gasteiger partial charge in [0.25, 0.3) is 11.5 Å². The molecule has 0 aliphatic carbocycles. The number of carbonyl (C=O) groups excluding carboxylic acids is 2. The summed E-state index contributed by atoms with van der Waals surface area (Å²) in [5.41, 5.74) is 0.778. The topological polar surface area (TPSA) is 89.9 Å². The average molecular weight is 423 g/mol. The highest BCUT2D eigenvalue weighted by molar-refractivity contribution is 5.94. The van der Waals surface area contributed by atoms with Gasteiger partial charge in [-0.2, -0.15) is 0 Å². The first-order chi connectivity index (χ1) is 15.0. The molecule has 1 aromatic heterocycles. The zero-order valence-corrected chi connectivity index (χ0v) is 17.4. The van der Waals surface area contributed by atoms with Crippen LogP contribution in [-0.2, 0) is 11.8 Å². The highest BCUT2D eigenvalue weighted by Crippen LogP contribution is 2.32. The average Bonchev–Trinajstić information content (AvgIpc) is 3.26. The molecule has 8 heteroatoms. The Labute approximate surface area is 180 Å². The van der Waals surface area contributed by atoms with Crippen LogP contribution in [0.15, 0.2) is 47.4 Å². The highest BCUT2D eigenvalue weighted by atomic mass is 16.7. The van der Waals surface area contributed by atoms with Crippen molar-refractivity contribution in [2.45, 2.75) is 12.8 Å². The molecule has 31 heavy (non-hydrogen) atoms. The van der Waals surface area contributed by atoms with Crippen LogP contribution >= 0.6 is 0 Å². The van der Waals surface area contributed by atoms with Crippen molar-refractivity contribution in [3.8, 4) is 11.5 Å². The van der Waals surface area contributed by atoms with Gasteiger partial charge in [0, 0.05) is 39.0 Å². The second-order valence-electron chi connectivity index (χ2n) is 7.76. The zero-order valence-electron chi connectivity index (χ0n) is 17.4. The summed E-state index contributed by atoms with van der Waals surface area (Å²) in [5, 5.41) is 2.93. The second-order valence-corrected chi connectivity index (χ2v) is 7.76. The van der Waals surface area contributed by atoms with E-state index in [9.17, 15) is 14.4 Å². The number of piperidine rings is 1. The number of hydrogen-bond acceptors (Lipinski definition) is 5. The standard InChI is InChI=1S/C23H25N3O5/c1-25-10-2-3-18(22(25)28)23(29)26-11-8-17(9-12-26)14-24-21(27)7-5-16-4-6-19-20(13-16)31-15-30-19/h2-7,10,13,17H,8-9,11-12,14-15H2,1H3,(H,24,27)/b7-5+. The fourth-order valence-corrected chi connectivity index (χ4v) is 3.76. The summed E-state index contributed by atoms with van der Waals surface area (Å²) in [6.45, 7) is 1.92. The van der Waals surface area contributed by atoms with Crippen molar-refractivity contribution in [1.29, 1.82) is 0 Å². The Morgan fingerprint density at radius 2 is 1.94 bits per heavy atom. The summed E-state index contributed by atoms with van der Waals surface area (Å²) >= 11 is 0. The number of rotatable bonds is 5. The molecule has 0 radical (unpaired) electrons. The van der Waals surface area contributed by atoms with E-state index in [0.29, 0.717) is 37.1 Å². The van der Waals surface area contributed by atoms with E-state index in [1.165, 1.54) is 10.6 Å². The van der Waals surface area contributed by atoms with Crippen molar-refractivity contribution >= 4 is 17.9 Å². The summed E-state index contributed by atoms with van der Waals surface area (Å²) < 4.78 is 12.0. The Balaban J connectivity index is 1.24. The van der Waals surface area contributed by atoms with E-state index in [1.807, 2.05) is 18.2 Å². The third-order valence-electron chi connectivity index (χ3n) is 5.64. The minimum atomic E-state index is -0.281. The lowest BCUT2D eigenvalue weighted by molar-refractivity contribution is -0.116.